The lowest BCUT2D eigenvalue weighted by atomic mass is 9.95. The van der Waals surface area contributed by atoms with Crippen LogP contribution in [0.4, 0.5) is 19.1 Å². The Kier molecular flexibility index (Phi) is 4.62. The Balaban J connectivity index is 2.00. The molecule has 10 heteroatoms. The van der Waals surface area contributed by atoms with Crippen molar-refractivity contribution in [1.82, 2.24) is 14.3 Å². The highest BCUT2D eigenvalue weighted by Gasteiger charge is 2.33. The van der Waals surface area contributed by atoms with Crippen LogP contribution in [0.15, 0.2) is 12.4 Å². The van der Waals surface area contributed by atoms with E-state index in [0.717, 1.165) is 18.6 Å². The van der Waals surface area contributed by atoms with Crippen molar-refractivity contribution in [3.63, 3.8) is 0 Å². The van der Waals surface area contributed by atoms with Gasteiger partial charge in [-0.1, -0.05) is 6.92 Å². The molecule has 2 rings (SSSR count). The average Bonchev–Trinajstić information content (AvgIpc) is 2.39. The van der Waals surface area contributed by atoms with E-state index in [9.17, 15) is 21.6 Å². The molecule has 1 aliphatic heterocycles. The van der Waals surface area contributed by atoms with Gasteiger partial charge in [-0.2, -0.15) is 13.2 Å². The lowest BCUT2D eigenvalue weighted by Gasteiger charge is -2.35. The largest absolute Gasteiger partial charge is 0.419 e. The summed E-state index contributed by atoms with van der Waals surface area (Å²) < 4.78 is 61.7. The van der Waals surface area contributed by atoms with Crippen molar-refractivity contribution in [3.8, 4) is 0 Å². The van der Waals surface area contributed by atoms with E-state index in [0.29, 0.717) is 19.5 Å². The molecule has 0 aromatic carbocycles. The lowest BCUT2D eigenvalue weighted by molar-refractivity contribution is -0.138. The Morgan fingerprint density at radius 1 is 1.32 bits per heavy atom. The van der Waals surface area contributed by atoms with Gasteiger partial charge in [-0.15, -0.1) is 0 Å². The Morgan fingerprint density at radius 2 is 1.91 bits per heavy atom. The monoisotopic (exact) mass is 338 g/mol. The molecule has 0 aliphatic carbocycles. The average molecular weight is 338 g/mol. The maximum atomic E-state index is 12.4. The molecule has 22 heavy (non-hydrogen) atoms. The van der Waals surface area contributed by atoms with Crippen LogP contribution in [0.2, 0.25) is 0 Å². The Morgan fingerprint density at radius 3 is 2.36 bits per heavy atom. The minimum atomic E-state index is -4.47. The molecule has 0 spiro atoms. The van der Waals surface area contributed by atoms with E-state index < -0.39 is 21.8 Å². The Labute approximate surface area is 126 Å². The number of nitrogens with zero attached hydrogens (tertiary/aromatic N) is 3. The Bertz CT molecular complexity index is 618. The summed E-state index contributed by atoms with van der Waals surface area (Å²) in [6.07, 6.45) is -1.31. The molecule has 1 fully saturated rings. The summed E-state index contributed by atoms with van der Waals surface area (Å²) >= 11 is 0. The normalized spacial score (nSPS) is 24.2. The van der Waals surface area contributed by atoms with Gasteiger partial charge in [-0.3, -0.25) is 0 Å². The van der Waals surface area contributed by atoms with E-state index in [1.54, 1.807) is 0 Å². The highest BCUT2D eigenvalue weighted by Crippen LogP contribution is 2.28. The number of aromatic nitrogens is 2. The summed E-state index contributed by atoms with van der Waals surface area (Å²) in [7, 11) is -3.23. The number of hydrogen-bond acceptors (Lipinski definition) is 5. The van der Waals surface area contributed by atoms with Gasteiger partial charge in [0.05, 0.1) is 11.8 Å². The summed E-state index contributed by atoms with van der Waals surface area (Å²) in [5, 5.41) is 2.97. The van der Waals surface area contributed by atoms with Crippen molar-refractivity contribution < 1.29 is 21.6 Å². The highest BCUT2D eigenvalue weighted by molar-refractivity contribution is 7.88. The SMILES string of the molecule is C[C@@H]1CN(S(C)(=O)=O)CC[C@@H]1Nc1ncc(C(F)(F)F)cn1. The molecule has 1 aromatic rings. The van der Waals surface area contributed by atoms with Crippen LogP contribution in [0.3, 0.4) is 0 Å². The van der Waals surface area contributed by atoms with Gasteiger partial charge in [0, 0.05) is 31.5 Å². The fourth-order valence-corrected chi connectivity index (χ4v) is 3.28. The second kappa shape index (κ2) is 5.99. The molecule has 2 atom stereocenters. The standard InChI is InChI=1S/C12H17F3N4O2S/c1-8-7-19(22(2,20)21)4-3-10(8)18-11-16-5-9(6-17-11)12(13,14)15/h5-6,8,10H,3-4,7H2,1-2H3,(H,16,17,18)/t8-,10+/m1/s1. The van der Waals surface area contributed by atoms with Crippen LogP contribution in [0.5, 0.6) is 0 Å². The van der Waals surface area contributed by atoms with Crippen molar-refractivity contribution in [2.75, 3.05) is 24.7 Å². The summed E-state index contributed by atoms with van der Waals surface area (Å²) in [6.45, 7) is 2.59. The van der Waals surface area contributed by atoms with Crippen LogP contribution >= 0.6 is 0 Å². The number of halogens is 3. The third-order valence-electron chi connectivity index (χ3n) is 3.63. The van der Waals surface area contributed by atoms with Gasteiger partial charge in [0.1, 0.15) is 0 Å². The number of alkyl halides is 3. The van der Waals surface area contributed by atoms with Crippen LogP contribution < -0.4 is 5.32 Å². The first-order valence-corrected chi connectivity index (χ1v) is 8.53. The molecule has 1 N–H and O–H groups in total. The minimum Gasteiger partial charge on any atom is -0.351 e. The summed E-state index contributed by atoms with van der Waals surface area (Å²) in [6, 6.07) is -0.0882. The fraction of sp³-hybridized carbons (Fsp3) is 0.667. The van der Waals surface area contributed by atoms with Crippen LogP contribution in [0.1, 0.15) is 18.9 Å². The van der Waals surface area contributed by atoms with E-state index in [-0.39, 0.29) is 17.9 Å². The van der Waals surface area contributed by atoms with Crippen molar-refractivity contribution in [2.24, 2.45) is 5.92 Å². The zero-order valence-electron chi connectivity index (χ0n) is 12.1. The van der Waals surface area contributed by atoms with Crippen LogP contribution in [0.25, 0.3) is 0 Å². The van der Waals surface area contributed by atoms with Gasteiger partial charge in [0.15, 0.2) is 0 Å². The quantitative estimate of drug-likeness (QED) is 0.906. The zero-order chi connectivity index (χ0) is 16.5. The number of hydrogen-bond donors (Lipinski definition) is 1. The van der Waals surface area contributed by atoms with E-state index in [1.165, 1.54) is 4.31 Å². The topological polar surface area (TPSA) is 75.2 Å². The van der Waals surface area contributed by atoms with E-state index >= 15 is 0 Å². The molecule has 1 saturated heterocycles. The molecule has 0 amide bonds. The molecule has 1 aliphatic rings. The van der Waals surface area contributed by atoms with Crippen LogP contribution in [0, 0.1) is 5.92 Å². The second-order valence-electron chi connectivity index (χ2n) is 5.43. The molecule has 0 radical (unpaired) electrons. The maximum Gasteiger partial charge on any atom is 0.419 e. The first-order chi connectivity index (χ1) is 10.1. The van der Waals surface area contributed by atoms with Gasteiger partial charge in [-0.05, 0) is 12.3 Å². The van der Waals surface area contributed by atoms with Crippen LogP contribution in [-0.4, -0.2) is 48.1 Å². The van der Waals surface area contributed by atoms with Gasteiger partial charge in [-0.25, -0.2) is 22.7 Å². The smallest absolute Gasteiger partial charge is 0.351 e. The third kappa shape index (κ3) is 4.07. The molecule has 0 unspecified atom stereocenters. The number of piperidine rings is 1. The molecule has 0 saturated carbocycles. The van der Waals surface area contributed by atoms with Crippen molar-refractivity contribution in [2.45, 2.75) is 25.6 Å². The molecule has 2 heterocycles. The molecule has 1 aromatic heterocycles. The zero-order valence-corrected chi connectivity index (χ0v) is 12.9. The summed E-state index contributed by atoms with van der Waals surface area (Å²) in [4.78, 5) is 7.33. The van der Waals surface area contributed by atoms with E-state index in [2.05, 4.69) is 15.3 Å². The van der Waals surface area contributed by atoms with Gasteiger partial charge in [0.2, 0.25) is 16.0 Å². The predicted octanol–water partition coefficient (Wildman–Crippen LogP) is 1.58. The summed E-state index contributed by atoms with van der Waals surface area (Å²) in [5.74, 6) is 0.104. The van der Waals surface area contributed by atoms with E-state index in [1.807, 2.05) is 6.92 Å². The van der Waals surface area contributed by atoms with Crippen LogP contribution in [-0.2, 0) is 16.2 Å². The second-order valence-corrected chi connectivity index (χ2v) is 7.41. The molecular formula is C12H17F3N4O2S. The maximum absolute atomic E-state index is 12.4. The molecule has 124 valence electrons. The first-order valence-electron chi connectivity index (χ1n) is 6.68. The van der Waals surface area contributed by atoms with Gasteiger partial charge >= 0.3 is 6.18 Å². The molecule has 6 nitrogen and oxygen atoms in total. The first kappa shape index (κ1) is 16.9. The predicted molar refractivity (Wildman–Crippen MR) is 74.6 cm³/mol. The molecular weight excluding hydrogens is 321 g/mol. The van der Waals surface area contributed by atoms with E-state index in [4.69, 9.17) is 0 Å². The highest BCUT2D eigenvalue weighted by atomic mass is 32.2. The van der Waals surface area contributed by atoms with Crippen molar-refractivity contribution in [3.05, 3.63) is 18.0 Å². The van der Waals surface area contributed by atoms with Crippen molar-refractivity contribution in [1.29, 1.82) is 0 Å². The summed E-state index contributed by atoms with van der Waals surface area (Å²) in [5.41, 5.74) is -0.905. The number of nitrogens with one attached hydrogen (secondary N) is 1. The van der Waals surface area contributed by atoms with Crippen molar-refractivity contribution >= 4 is 16.0 Å². The third-order valence-corrected chi connectivity index (χ3v) is 4.90. The molecule has 0 bridgehead atoms. The fourth-order valence-electron chi connectivity index (χ4n) is 2.34. The number of anilines is 1. The lowest BCUT2D eigenvalue weighted by Crippen LogP contribution is -2.47. The number of sulfonamides is 1. The Hall–Kier alpha value is -1.42. The number of rotatable bonds is 3. The van der Waals surface area contributed by atoms with Gasteiger partial charge in [0.25, 0.3) is 0 Å². The minimum absolute atomic E-state index is 0.00522. The van der Waals surface area contributed by atoms with Gasteiger partial charge < -0.3 is 5.32 Å².